The SMILES string of the molecule is Cc1ccc(C)c(NS(=O)(=O)c2cnn(-c3ccccn3)c2)c1. The van der Waals surface area contributed by atoms with Crippen molar-refractivity contribution in [2.75, 3.05) is 4.72 Å². The van der Waals surface area contributed by atoms with Gasteiger partial charge in [-0.25, -0.2) is 18.1 Å². The first-order valence-electron chi connectivity index (χ1n) is 7.02. The van der Waals surface area contributed by atoms with E-state index in [1.807, 2.05) is 32.0 Å². The Labute approximate surface area is 134 Å². The van der Waals surface area contributed by atoms with Crippen molar-refractivity contribution in [3.63, 3.8) is 0 Å². The van der Waals surface area contributed by atoms with Crippen molar-refractivity contribution in [2.24, 2.45) is 0 Å². The Morgan fingerprint density at radius 3 is 2.70 bits per heavy atom. The van der Waals surface area contributed by atoms with Gasteiger partial charge in [-0.05, 0) is 43.2 Å². The summed E-state index contributed by atoms with van der Waals surface area (Å²) in [7, 11) is -3.70. The molecule has 2 aromatic heterocycles. The lowest BCUT2D eigenvalue weighted by Crippen LogP contribution is -2.13. The Morgan fingerprint density at radius 1 is 1.13 bits per heavy atom. The smallest absolute Gasteiger partial charge is 0.265 e. The van der Waals surface area contributed by atoms with E-state index in [0.29, 0.717) is 11.5 Å². The summed E-state index contributed by atoms with van der Waals surface area (Å²) in [6, 6.07) is 11.0. The molecule has 3 rings (SSSR count). The average Bonchev–Trinajstić information content (AvgIpc) is 3.02. The van der Waals surface area contributed by atoms with Gasteiger partial charge >= 0.3 is 0 Å². The summed E-state index contributed by atoms with van der Waals surface area (Å²) < 4.78 is 29.1. The Bertz CT molecular complexity index is 934. The molecule has 0 unspecified atom stereocenters. The van der Waals surface area contributed by atoms with Crippen molar-refractivity contribution >= 4 is 15.7 Å². The summed E-state index contributed by atoms with van der Waals surface area (Å²) in [6.07, 6.45) is 4.37. The molecule has 23 heavy (non-hydrogen) atoms. The van der Waals surface area contributed by atoms with E-state index in [-0.39, 0.29) is 4.90 Å². The maximum absolute atomic E-state index is 12.5. The second-order valence-electron chi connectivity index (χ2n) is 5.23. The molecule has 0 amide bonds. The van der Waals surface area contributed by atoms with Crippen LogP contribution in [0.3, 0.4) is 0 Å². The third kappa shape index (κ3) is 3.24. The lowest BCUT2D eigenvalue weighted by atomic mass is 10.1. The zero-order valence-corrected chi connectivity index (χ0v) is 13.6. The summed E-state index contributed by atoms with van der Waals surface area (Å²) >= 11 is 0. The van der Waals surface area contributed by atoms with E-state index in [0.717, 1.165) is 11.1 Å². The van der Waals surface area contributed by atoms with Crippen LogP contribution in [0.4, 0.5) is 5.69 Å². The third-order valence-corrected chi connectivity index (χ3v) is 4.71. The zero-order valence-electron chi connectivity index (χ0n) is 12.8. The number of hydrogen-bond acceptors (Lipinski definition) is 4. The minimum Gasteiger partial charge on any atom is -0.279 e. The molecule has 0 fully saturated rings. The highest BCUT2D eigenvalue weighted by Crippen LogP contribution is 2.21. The Kier molecular flexibility index (Phi) is 3.87. The molecule has 0 saturated heterocycles. The number of rotatable bonds is 4. The maximum atomic E-state index is 12.5. The highest BCUT2D eigenvalue weighted by Gasteiger charge is 2.18. The Balaban J connectivity index is 1.92. The van der Waals surface area contributed by atoms with Crippen LogP contribution >= 0.6 is 0 Å². The summed E-state index contributed by atoms with van der Waals surface area (Å²) in [5.74, 6) is 0.556. The molecule has 3 aromatic rings. The predicted molar refractivity (Wildman–Crippen MR) is 88.1 cm³/mol. The van der Waals surface area contributed by atoms with Gasteiger partial charge in [0.25, 0.3) is 10.0 Å². The lowest BCUT2D eigenvalue weighted by molar-refractivity contribution is 0.601. The van der Waals surface area contributed by atoms with Crippen molar-refractivity contribution < 1.29 is 8.42 Å². The minimum atomic E-state index is -3.70. The minimum absolute atomic E-state index is 0.0871. The highest BCUT2D eigenvalue weighted by molar-refractivity contribution is 7.92. The topological polar surface area (TPSA) is 76.9 Å². The number of sulfonamides is 1. The molecule has 0 aliphatic carbocycles. The summed E-state index contributed by atoms with van der Waals surface area (Å²) in [5, 5.41) is 4.07. The first-order valence-corrected chi connectivity index (χ1v) is 8.50. The molecule has 0 spiro atoms. The molecule has 0 saturated carbocycles. The number of nitrogens with zero attached hydrogens (tertiary/aromatic N) is 3. The predicted octanol–water partition coefficient (Wildman–Crippen LogP) is 2.68. The molecule has 0 radical (unpaired) electrons. The van der Waals surface area contributed by atoms with E-state index in [4.69, 9.17) is 0 Å². The fourth-order valence-electron chi connectivity index (χ4n) is 2.11. The number of benzene rings is 1. The molecule has 0 aliphatic rings. The van der Waals surface area contributed by atoms with Crippen LogP contribution in [0.15, 0.2) is 59.9 Å². The second kappa shape index (κ2) is 5.85. The van der Waals surface area contributed by atoms with Crippen LogP contribution in [0, 0.1) is 13.8 Å². The van der Waals surface area contributed by atoms with E-state index >= 15 is 0 Å². The van der Waals surface area contributed by atoms with E-state index in [1.165, 1.54) is 17.1 Å². The second-order valence-corrected chi connectivity index (χ2v) is 6.91. The quantitative estimate of drug-likeness (QED) is 0.799. The van der Waals surface area contributed by atoms with E-state index in [2.05, 4.69) is 14.8 Å². The largest absolute Gasteiger partial charge is 0.279 e. The monoisotopic (exact) mass is 328 g/mol. The Hall–Kier alpha value is -2.67. The first kappa shape index (κ1) is 15.2. The number of aryl methyl sites for hydroxylation is 2. The molecule has 7 heteroatoms. The lowest BCUT2D eigenvalue weighted by Gasteiger charge is -2.10. The van der Waals surface area contributed by atoms with Crippen LogP contribution < -0.4 is 4.72 Å². The van der Waals surface area contributed by atoms with Gasteiger partial charge in [-0.1, -0.05) is 18.2 Å². The maximum Gasteiger partial charge on any atom is 0.265 e. The van der Waals surface area contributed by atoms with Crippen LogP contribution in [0.1, 0.15) is 11.1 Å². The van der Waals surface area contributed by atoms with Crippen LogP contribution in [0.5, 0.6) is 0 Å². The van der Waals surface area contributed by atoms with Gasteiger partial charge < -0.3 is 0 Å². The highest BCUT2D eigenvalue weighted by atomic mass is 32.2. The molecule has 118 valence electrons. The van der Waals surface area contributed by atoms with Crippen LogP contribution in [-0.4, -0.2) is 23.2 Å². The third-order valence-electron chi connectivity index (χ3n) is 3.39. The normalized spacial score (nSPS) is 11.4. The van der Waals surface area contributed by atoms with Gasteiger partial charge in [-0.15, -0.1) is 0 Å². The molecule has 1 aromatic carbocycles. The molecule has 2 heterocycles. The molecule has 1 N–H and O–H groups in total. The van der Waals surface area contributed by atoms with Crippen molar-refractivity contribution in [3.05, 3.63) is 66.1 Å². The van der Waals surface area contributed by atoms with Crippen molar-refractivity contribution in [1.82, 2.24) is 14.8 Å². The van der Waals surface area contributed by atoms with Crippen LogP contribution in [0.2, 0.25) is 0 Å². The fraction of sp³-hybridized carbons (Fsp3) is 0.125. The average molecular weight is 328 g/mol. The summed E-state index contributed by atoms with van der Waals surface area (Å²) in [6.45, 7) is 3.77. The Morgan fingerprint density at radius 2 is 1.96 bits per heavy atom. The van der Waals surface area contributed by atoms with E-state index < -0.39 is 10.0 Å². The molecule has 6 nitrogen and oxygen atoms in total. The van der Waals surface area contributed by atoms with Gasteiger partial charge in [-0.3, -0.25) is 4.72 Å². The number of hydrogen-bond donors (Lipinski definition) is 1. The van der Waals surface area contributed by atoms with Gasteiger partial charge in [0.1, 0.15) is 4.90 Å². The van der Waals surface area contributed by atoms with E-state index in [9.17, 15) is 8.42 Å². The van der Waals surface area contributed by atoms with Crippen molar-refractivity contribution in [2.45, 2.75) is 18.7 Å². The van der Waals surface area contributed by atoms with Crippen LogP contribution in [0.25, 0.3) is 5.82 Å². The zero-order chi connectivity index (χ0) is 16.4. The van der Waals surface area contributed by atoms with Gasteiger partial charge in [0.05, 0.1) is 18.1 Å². The standard InChI is InChI=1S/C16H16N4O2S/c1-12-6-7-13(2)15(9-12)19-23(21,22)14-10-18-20(11-14)16-5-3-4-8-17-16/h3-11,19H,1-2H3. The first-order chi connectivity index (χ1) is 11.0. The molecular weight excluding hydrogens is 312 g/mol. The van der Waals surface area contributed by atoms with Gasteiger partial charge in [0, 0.05) is 6.20 Å². The number of aromatic nitrogens is 3. The van der Waals surface area contributed by atoms with Crippen molar-refractivity contribution in [1.29, 1.82) is 0 Å². The summed E-state index contributed by atoms with van der Waals surface area (Å²) in [5.41, 5.74) is 2.41. The fourth-order valence-corrected chi connectivity index (χ4v) is 3.16. The molecule has 0 aliphatic heterocycles. The number of anilines is 1. The van der Waals surface area contributed by atoms with E-state index in [1.54, 1.807) is 24.4 Å². The summed E-state index contributed by atoms with van der Waals surface area (Å²) in [4.78, 5) is 4.23. The molecule has 0 bridgehead atoms. The van der Waals surface area contributed by atoms with Gasteiger partial charge in [0.15, 0.2) is 5.82 Å². The molecule has 0 atom stereocenters. The van der Waals surface area contributed by atoms with Crippen molar-refractivity contribution in [3.8, 4) is 5.82 Å². The van der Waals surface area contributed by atoms with Crippen LogP contribution in [-0.2, 0) is 10.0 Å². The van der Waals surface area contributed by atoms with Gasteiger partial charge in [0.2, 0.25) is 0 Å². The van der Waals surface area contributed by atoms with Gasteiger partial charge in [-0.2, -0.15) is 5.10 Å². The number of nitrogens with one attached hydrogen (secondary N) is 1. The number of pyridine rings is 1. The molecular formula is C16H16N4O2S.